The van der Waals surface area contributed by atoms with Gasteiger partial charge < -0.3 is 24.8 Å². The molecule has 0 aromatic heterocycles. The normalized spacial score (nSPS) is 13.6. The van der Waals surface area contributed by atoms with Gasteiger partial charge in [0.15, 0.2) is 5.75 Å². The van der Waals surface area contributed by atoms with E-state index in [4.69, 9.17) is 54.7 Å². The number of hydrogen-bond acceptors (Lipinski definition) is 5. The van der Waals surface area contributed by atoms with Crippen LogP contribution in [0.2, 0.25) is 15.1 Å². The maximum atomic E-state index is 13.8. The third kappa shape index (κ3) is 9.51. The molecule has 3 aromatic rings. The Balaban J connectivity index is 1.33. The van der Waals surface area contributed by atoms with E-state index in [0.29, 0.717) is 65.3 Å². The summed E-state index contributed by atoms with van der Waals surface area (Å²) >= 11 is 19.0. The zero-order chi connectivity index (χ0) is 30.1. The van der Waals surface area contributed by atoms with Crippen molar-refractivity contribution >= 4 is 40.7 Å². The van der Waals surface area contributed by atoms with E-state index in [2.05, 4.69) is 6.07 Å². The Bertz CT molecular complexity index is 1310. The van der Waals surface area contributed by atoms with E-state index in [1.54, 1.807) is 7.11 Å². The number of benzene rings is 3. The van der Waals surface area contributed by atoms with Crippen LogP contribution in [0.5, 0.6) is 11.5 Å². The van der Waals surface area contributed by atoms with Gasteiger partial charge in [-0.15, -0.1) is 0 Å². The Morgan fingerprint density at radius 2 is 1.60 bits per heavy atom. The second-order valence-electron chi connectivity index (χ2n) is 10.9. The van der Waals surface area contributed by atoms with Crippen LogP contribution in [0.3, 0.4) is 0 Å². The minimum atomic E-state index is -0.330. The van der Waals surface area contributed by atoms with Crippen molar-refractivity contribution < 1.29 is 19.0 Å². The first-order valence-electron chi connectivity index (χ1n) is 14.3. The quantitative estimate of drug-likeness (QED) is 0.170. The van der Waals surface area contributed by atoms with Crippen molar-refractivity contribution in [2.45, 2.75) is 39.2 Å². The molecule has 0 spiro atoms. The minimum absolute atomic E-state index is 0.0636. The number of aryl methyl sites for hydroxylation is 1. The van der Waals surface area contributed by atoms with Gasteiger partial charge in [-0.05, 0) is 91.1 Å². The maximum Gasteiger partial charge on any atom is 0.227 e. The number of nitrogens with two attached hydrogens (primary N) is 1. The van der Waals surface area contributed by atoms with Crippen molar-refractivity contribution in [3.63, 3.8) is 0 Å². The first-order valence-corrected chi connectivity index (χ1v) is 15.5. The van der Waals surface area contributed by atoms with Crippen molar-refractivity contribution in [2.75, 3.05) is 40.0 Å². The zero-order valence-corrected chi connectivity index (χ0v) is 26.5. The summed E-state index contributed by atoms with van der Waals surface area (Å²) in [5.41, 5.74) is 10.2. The van der Waals surface area contributed by atoms with E-state index in [-0.39, 0.29) is 18.4 Å². The molecule has 1 saturated carbocycles. The number of carbonyl (C=O) groups excluding carboxylic acids is 1. The van der Waals surface area contributed by atoms with Crippen molar-refractivity contribution in [3.05, 3.63) is 91.9 Å². The first kappa shape index (κ1) is 32.4. The molecule has 226 valence electrons. The Morgan fingerprint density at radius 1 is 0.929 bits per heavy atom. The summed E-state index contributed by atoms with van der Waals surface area (Å²) in [6.07, 6.45) is 3.64. The predicted molar refractivity (Wildman–Crippen MR) is 170 cm³/mol. The third-order valence-electron chi connectivity index (χ3n) is 7.33. The van der Waals surface area contributed by atoms with Gasteiger partial charge in [-0.25, -0.2) is 0 Å². The molecule has 6 nitrogen and oxygen atoms in total. The van der Waals surface area contributed by atoms with Gasteiger partial charge >= 0.3 is 0 Å². The lowest BCUT2D eigenvalue weighted by Crippen LogP contribution is -2.41. The van der Waals surface area contributed by atoms with Crippen LogP contribution in [0, 0.1) is 18.8 Å². The average Bonchev–Trinajstić information content (AvgIpc) is 3.79. The SMILES string of the molecule is COCCc1ccc(Cl)c(CN(CC2CC2)C(=O)[C@@H](CN)Cc2ccc(OCCOc3c(Cl)cc(C)cc3Cl)cc2)c1. The highest BCUT2D eigenvalue weighted by Crippen LogP contribution is 2.34. The molecule has 1 aliphatic rings. The van der Waals surface area contributed by atoms with Gasteiger partial charge in [0, 0.05) is 31.8 Å². The molecule has 1 atom stereocenters. The van der Waals surface area contributed by atoms with Crippen molar-refractivity contribution in [2.24, 2.45) is 17.6 Å². The monoisotopic (exact) mass is 632 g/mol. The summed E-state index contributed by atoms with van der Waals surface area (Å²) in [6, 6.07) is 17.4. The van der Waals surface area contributed by atoms with E-state index >= 15 is 0 Å². The van der Waals surface area contributed by atoms with Crippen LogP contribution < -0.4 is 15.2 Å². The fourth-order valence-electron chi connectivity index (χ4n) is 4.84. The Kier molecular flexibility index (Phi) is 12.2. The Morgan fingerprint density at radius 3 is 2.24 bits per heavy atom. The van der Waals surface area contributed by atoms with Gasteiger partial charge in [0.05, 0.1) is 22.6 Å². The highest BCUT2D eigenvalue weighted by molar-refractivity contribution is 6.37. The summed E-state index contributed by atoms with van der Waals surface area (Å²) in [4.78, 5) is 15.7. The van der Waals surface area contributed by atoms with E-state index in [1.807, 2.05) is 60.4 Å². The van der Waals surface area contributed by atoms with Gasteiger partial charge in [0.1, 0.15) is 19.0 Å². The molecule has 0 bridgehead atoms. The fourth-order valence-corrected chi connectivity index (χ4v) is 5.72. The molecule has 3 aromatic carbocycles. The number of ether oxygens (including phenoxy) is 3. The van der Waals surface area contributed by atoms with Crippen LogP contribution in [0.25, 0.3) is 0 Å². The molecule has 2 N–H and O–H groups in total. The number of rotatable bonds is 16. The summed E-state index contributed by atoms with van der Waals surface area (Å²) in [5, 5.41) is 1.62. The molecule has 0 radical (unpaired) electrons. The number of hydrogen-bond donors (Lipinski definition) is 1. The summed E-state index contributed by atoms with van der Waals surface area (Å²) < 4.78 is 16.8. The van der Waals surface area contributed by atoms with Crippen LogP contribution in [0.4, 0.5) is 0 Å². The van der Waals surface area contributed by atoms with Gasteiger partial charge in [0.25, 0.3) is 0 Å². The third-order valence-corrected chi connectivity index (χ3v) is 8.26. The van der Waals surface area contributed by atoms with Crippen molar-refractivity contribution in [3.8, 4) is 11.5 Å². The molecule has 9 heteroatoms. The molecule has 42 heavy (non-hydrogen) atoms. The topological polar surface area (TPSA) is 74.0 Å². The number of methoxy groups -OCH3 is 1. The predicted octanol–water partition coefficient (Wildman–Crippen LogP) is 7.16. The average molecular weight is 634 g/mol. The molecule has 0 aliphatic heterocycles. The molecule has 0 saturated heterocycles. The molecule has 4 rings (SSSR count). The van der Waals surface area contributed by atoms with Crippen LogP contribution in [0.15, 0.2) is 54.6 Å². The number of amides is 1. The molecule has 1 aliphatic carbocycles. The van der Waals surface area contributed by atoms with Crippen LogP contribution in [-0.2, 0) is 28.9 Å². The van der Waals surface area contributed by atoms with E-state index in [0.717, 1.165) is 48.1 Å². The number of nitrogens with zero attached hydrogens (tertiary/aromatic N) is 1. The Labute approximate surface area is 264 Å². The molecule has 0 unspecified atom stereocenters. The van der Waals surface area contributed by atoms with Gasteiger partial charge in [-0.2, -0.15) is 0 Å². The summed E-state index contributed by atoms with van der Waals surface area (Å²) in [6.45, 7) is 4.64. The highest BCUT2D eigenvalue weighted by atomic mass is 35.5. The van der Waals surface area contributed by atoms with E-state index in [1.165, 1.54) is 0 Å². The Hall–Kier alpha value is -2.48. The van der Waals surface area contributed by atoms with Crippen LogP contribution in [0.1, 0.15) is 35.1 Å². The zero-order valence-electron chi connectivity index (χ0n) is 24.2. The molecular formula is C33H39Cl3N2O4. The molecule has 1 fully saturated rings. The van der Waals surface area contributed by atoms with E-state index in [9.17, 15) is 4.79 Å². The largest absolute Gasteiger partial charge is 0.490 e. The van der Waals surface area contributed by atoms with Crippen molar-refractivity contribution in [1.82, 2.24) is 4.90 Å². The lowest BCUT2D eigenvalue weighted by Gasteiger charge is -2.28. The maximum absolute atomic E-state index is 13.8. The molecular weight excluding hydrogens is 595 g/mol. The van der Waals surface area contributed by atoms with Crippen molar-refractivity contribution in [1.29, 1.82) is 0 Å². The lowest BCUT2D eigenvalue weighted by atomic mass is 9.97. The van der Waals surface area contributed by atoms with E-state index < -0.39 is 0 Å². The van der Waals surface area contributed by atoms with Gasteiger partial charge in [-0.1, -0.05) is 59.1 Å². The first-order chi connectivity index (χ1) is 20.3. The molecule has 1 amide bonds. The van der Waals surface area contributed by atoms with Crippen LogP contribution >= 0.6 is 34.8 Å². The summed E-state index contributed by atoms with van der Waals surface area (Å²) in [7, 11) is 1.69. The second-order valence-corrected chi connectivity index (χ2v) is 12.1. The lowest BCUT2D eigenvalue weighted by molar-refractivity contribution is -0.136. The number of carbonyl (C=O) groups is 1. The summed E-state index contributed by atoms with van der Waals surface area (Å²) in [5.74, 6) is 1.44. The molecule has 0 heterocycles. The number of halogens is 3. The van der Waals surface area contributed by atoms with Gasteiger partial charge in [-0.3, -0.25) is 4.79 Å². The van der Waals surface area contributed by atoms with Gasteiger partial charge in [0.2, 0.25) is 5.91 Å². The smallest absolute Gasteiger partial charge is 0.227 e. The minimum Gasteiger partial charge on any atom is -0.490 e. The fraction of sp³-hybridized carbons (Fsp3) is 0.424. The van der Waals surface area contributed by atoms with Crippen LogP contribution in [-0.4, -0.2) is 50.8 Å². The highest BCUT2D eigenvalue weighted by Gasteiger charge is 2.30. The second kappa shape index (κ2) is 15.8. The standard InChI is InChI=1S/C33H39Cl3N2O4/c1-22-15-30(35)32(31(36)16-22)42-14-13-41-28-8-5-23(6-9-28)17-26(19-37)33(39)38(20-25-3-4-25)21-27-18-24(11-12-40-2)7-10-29(27)34/h5-10,15-16,18,25-26H,3-4,11-14,17,19-21,37H2,1-2H3/t26-/m1/s1.